The van der Waals surface area contributed by atoms with E-state index in [0.717, 1.165) is 115 Å². The molecule has 115 heavy (non-hydrogen) atoms. The van der Waals surface area contributed by atoms with Gasteiger partial charge in [0, 0.05) is 162 Å². The zero-order chi connectivity index (χ0) is 79.6. The van der Waals surface area contributed by atoms with Crippen molar-refractivity contribution in [2.45, 2.75) is 46.4 Å². The number of amides is 3. The van der Waals surface area contributed by atoms with E-state index in [-0.39, 0.29) is 111 Å². The molecule has 0 atom stereocenters. The molecule has 16 nitrogen and oxygen atoms in total. The van der Waals surface area contributed by atoms with Gasteiger partial charge in [0.2, 0.25) is 17.7 Å². The van der Waals surface area contributed by atoms with Crippen LogP contribution in [0.1, 0.15) is 111 Å². The van der Waals surface area contributed by atoms with Crippen molar-refractivity contribution in [1.82, 2.24) is 14.7 Å². The average Bonchev–Trinajstić information content (AvgIpc) is 0.789. The third kappa shape index (κ3) is 18.2. The second-order valence-corrected chi connectivity index (χ2v) is 28.5. The maximum atomic E-state index is 12.9. The molecule has 578 valence electrons. The number of Topliss-reactive ketones (excluding diaryl/α,β-unsaturated/α-hetero) is 5. The van der Waals surface area contributed by atoms with E-state index in [4.69, 9.17) is 15.3 Å². The van der Waals surface area contributed by atoms with Crippen LogP contribution in [-0.2, 0) is 40.5 Å². The van der Waals surface area contributed by atoms with Crippen LogP contribution in [0.4, 0.5) is 0 Å². The van der Waals surface area contributed by atoms with Crippen molar-refractivity contribution in [1.29, 1.82) is 0 Å². The van der Waals surface area contributed by atoms with Crippen LogP contribution in [0.3, 0.4) is 0 Å². The molecule has 5 aliphatic carbocycles. The second-order valence-electron chi connectivity index (χ2n) is 28.5. The molecular weight excluding hydrogens is 1480 g/mol. The Morgan fingerprint density at radius 3 is 0.983 bits per heavy atom. The van der Waals surface area contributed by atoms with Gasteiger partial charge >= 0.3 is 0 Å². The highest BCUT2D eigenvalue weighted by atomic mass is 35.5. The summed E-state index contributed by atoms with van der Waals surface area (Å²) >= 11 is 0. The highest BCUT2D eigenvalue weighted by Crippen LogP contribution is 2.37. The number of benzene rings is 10. The van der Waals surface area contributed by atoms with E-state index in [1.54, 1.807) is 25.9 Å². The lowest BCUT2D eigenvalue weighted by Gasteiger charge is -2.24. The normalized spacial score (nSPS) is 12.9. The fourth-order valence-corrected chi connectivity index (χ4v) is 15.1. The lowest BCUT2D eigenvalue weighted by atomic mass is 9.88. The second kappa shape index (κ2) is 37.2. The summed E-state index contributed by atoms with van der Waals surface area (Å²) in [5.74, 6) is -0.284. The van der Waals surface area contributed by atoms with Crippen molar-refractivity contribution in [2.75, 3.05) is 53.5 Å². The van der Waals surface area contributed by atoms with Crippen LogP contribution in [-0.4, -0.2) is 130 Å². The van der Waals surface area contributed by atoms with E-state index in [1.165, 1.54) is 22.8 Å². The molecule has 0 radical (unpaired) electrons. The number of hydrogen-bond donors (Lipinski definition) is 3. The molecule has 0 fully saturated rings. The van der Waals surface area contributed by atoms with Gasteiger partial charge in [0.15, 0.2) is 66.8 Å². The van der Waals surface area contributed by atoms with Gasteiger partial charge in [0.25, 0.3) is 0 Å². The van der Waals surface area contributed by atoms with Gasteiger partial charge in [-0.15, -0.1) is 0 Å². The quantitative estimate of drug-likeness (QED) is 0.0544. The van der Waals surface area contributed by atoms with Crippen molar-refractivity contribution in [3.05, 3.63) is 350 Å². The number of carbonyl (C=O) groups excluding carboxylic acids is 8. The van der Waals surface area contributed by atoms with Crippen LogP contribution >= 0.6 is 0 Å². The SMILES string of the molecule is C=C(C)C(=O)N(C)CC1=Cc2cccc3cccc(c23)C1=O.C=CC(=O)N(C)CC1=Cc2cccc3cccc(c23)C1=O.CC(=O)N(CCCO)CC1=Cc2cccc3cccc(c23)C1=O.O=C1C(C[n+]2ccc(CCO)cc2)=Cc2cccc3cccc1c23.O=C1C(C[n+]2ccc(CO)cc2)=Cc2cccc3cccc1c23.[Cl-].[Cl-]. The number of ketones is 5. The predicted octanol–water partition coefficient (Wildman–Crippen LogP) is 9.02. The third-order valence-corrected chi connectivity index (χ3v) is 20.7. The van der Waals surface area contributed by atoms with Crippen molar-refractivity contribution < 1.29 is 87.6 Å². The first-order chi connectivity index (χ1) is 54.7. The standard InChI is InChI=1S/C21H18NO2.C20H16NO2.C19H19NO3.C19H17NO2.C18H15NO2.2ClH/c23-12-9-15-7-10-22(11-8-15)14-18-13-17-5-1-3-16-4-2-6-19(20(16)17)21(18)24;22-13-14-7-9-21(10-8-14)12-17-11-16-5-1-3-15-4-2-6-18(19(15)16)20(17)23;1-13(22)20(9-4-10-21)12-16-11-15-7-2-5-14-6-3-8-17(18(14)15)19(16)23;1-12(2)19(22)20(3)11-15-10-14-8-4-6-13-7-5-9-16(17(13)14)18(15)21;1-3-16(20)19(2)11-14-10-13-8-4-6-12-7-5-9-15(17(12)13)18(14)21;;/h1-8,10-11,13,23H,9,12,14H2;1-11,22H,12-13H2;2-3,5-8,11,21H,4,9-10,12H2,1H3;4-10H,1,11H2,2-3H3;3-10H,1,11H2,2H3;2*1H/q2*+1;;;;;/p-2. The molecule has 0 bridgehead atoms. The molecule has 2 heterocycles. The van der Waals surface area contributed by atoms with Gasteiger partial charge in [-0.1, -0.05) is 195 Å². The van der Waals surface area contributed by atoms with E-state index in [1.807, 2.05) is 258 Å². The van der Waals surface area contributed by atoms with Gasteiger partial charge in [-0.05, 0) is 122 Å². The first-order valence-corrected chi connectivity index (χ1v) is 37.4. The van der Waals surface area contributed by atoms with E-state index in [0.29, 0.717) is 71.5 Å². The minimum Gasteiger partial charge on any atom is -1.00 e. The Kier molecular flexibility index (Phi) is 26.9. The van der Waals surface area contributed by atoms with Gasteiger partial charge < -0.3 is 54.8 Å². The van der Waals surface area contributed by atoms with Crippen LogP contribution < -0.4 is 33.9 Å². The summed E-state index contributed by atoms with van der Waals surface area (Å²) in [5, 5.41) is 37.5. The zero-order valence-corrected chi connectivity index (χ0v) is 65.7. The molecule has 10 aromatic carbocycles. The van der Waals surface area contributed by atoms with Crippen molar-refractivity contribution in [3.8, 4) is 0 Å². The minimum atomic E-state index is -0.194. The van der Waals surface area contributed by atoms with Gasteiger partial charge in [-0.25, -0.2) is 9.13 Å². The molecule has 0 aliphatic heterocycles. The molecule has 5 aliphatic rings. The number of aromatic nitrogens is 2. The number of rotatable bonds is 18. The Morgan fingerprint density at radius 2 is 0.687 bits per heavy atom. The van der Waals surface area contributed by atoms with E-state index in [9.17, 15) is 38.4 Å². The third-order valence-electron chi connectivity index (χ3n) is 20.7. The molecule has 0 saturated heterocycles. The molecule has 3 amide bonds. The molecule has 3 N–H and O–H groups in total. The predicted molar refractivity (Wildman–Crippen MR) is 446 cm³/mol. The Bertz CT molecular complexity index is 6050. The smallest absolute Gasteiger partial charge is 0.248 e. The number of hydrogen-bond acceptors (Lipinski definition) is 11. The molecule has 2 aromatic heterocycles. The molecular formula is C97H85Cl2N5O11. The summed E-state index contributed by atoms with van der Waals surface area (Å²) in [6, 6.07) is 66.9. The molecule has 0 spiro atoms. The summed E-state index contributed by atoms with van der Waals surface area (Å²) < 4.78 is 3.95. The molecule has 0 unspecified atom stereocenters. The number of allylic oxidation sites excluding steroid dienone is 2. The Hall–Kier alpha value is -12.8. The van der Waals surface area contributed by atoms with Crippen molar-refractivity contribution in [3.63, 3.8) is 0 Å². The number of aliphatic hydroxyl groups is 3. The van der Waals surface area contributed by atoms with E-state index >= 15 is 0 Å². The number of aliphatic hydroxyl groups excluding tert-OH is 3. The molecule has 12 aromatic rings. The fraction of sp³-hybridized carbons (Fsp3) is 0.155. The Labute approximate surface area is 679 Å². The monoisotopic (exact) mass is 1570 g/mol. The number of carbonyl (C=O) groups is 8. The van der Waals surface area contributed by atoms with Gasteiger partial charge in [0.05, 0.1) is 17.8 Å². The van der Waals surface area contributed by atoms with Gasteiger partial charge in [0.1, 0.15) is 0 Å². The topological polar surface area (TPSA) is 215 Å². The number of halogens is 2. The van der Waals surface area contributed by atoms with Crippen LogP contribution in [0.2, 0.25) is 0 Å². The fourth-order valence-electron chi connectivity index (χ4n) is 15.1. The molecule has 17 rings (SSSR count). The average molecular weight is 1570 g/mol. The Balaban J connectivity index is 0.000000141. The van der Waals surface area contributed by atoms with Crippen LogP contribution in [0.25, 0.3) is 84.2 Å². The maximum Gasteiger partial charge on any atom is 0.248 e. The number of nitrogens with zero attached hydrogens (tertiary/aromatic N) is 5. The van der Waals surface area contributed by atoms with Gasteiger partial charge in [-0.3, -0.25) is 38.4 Å². The Morgan fingerprint density at radius 1 is 0.391 bits per heavy atom. The highest BCUT2D eigenvalue weighted by molar-refractivity contribution is 6.27. The van der Waals surface area contributed by atoms with Crippen molar-refractivity contribution >= 4 is 131 Å². The summed E-state index contributed by atoms with van der Waals surface area (Å²) in [6.07, 6.45) is 19.8. The summed E-state index contributed by atoms with van der Waals surface area (Å²) in [4.78, 5) is 104. The molecule has 18 heteroatoms. The van der Waals surface area contributed by atoms with E-state index in [2.05, 4.69) is 25.3 Å². The largest absolute Gasteiger partial charge is 1.00 e. The van der Waals surface area contributed by atoms with Crippen LogP contribution in [0.5, 0.6) is 0 Å². The highest BCUT2D eigenvalue weighted by Gasteiger charge is 2.30. The van der Waals surface area contributed by atoms with Gasteiger partial charge in [-0.2, -0.15) is 0 Å². The number of likely N-dealkylation sites (N-methyl/N-ethyl adjacent to an activating group) is 2. The van der Waals surface area contributed by atoms with Crippen LogP contribution in [0, 0.1) is 0 Å². The minimum absolute atomic E-state index is 0. The van der Waals surface area contributed by atoms with Crippen LogP contribution in [0.15, 0.2) is 284 Å². The number of pyridine rings is 2. The maximum absolute atomic E-state index is 12.9. The first kappa shape index (κ1) is 83.1. The summed E-state index contributed by atoms with van der Waals surface area (Å²) in [5.41, 5.74) is 14.8. The summed E-state index contributed by atoms with van der Waals surface area (Å²) in [7, 11) is 3.35. The van der Waals surface area contributed by atoms with Crippen molar-refractivity contribution in [2.24, 2.45) is 0 Å². The molecule has 0 saturated carbocycles. The summed E-state index contributed by atoms with van der Waals surface area (Å²) in [6.45, 7) is 12.8. The lowest BCUT2D eigenvalue weighted by molar-refractivity contribution is -0.688. The lowest BCUT2D eigenvalue weighted by Crippen LogP contribution is -3.00. The first-order valence-electron chi connectivity index (χ1n) is 37.4. The van der Waals surface area contributed by atoms with E-state index < -0.39 is 0 Å². The zero-order valence-electron chi connectivity index (χ0n) is 64.2.